The summed E-state index contributed by atoms with van der Waals surface area (Å²) < 4.78 is 5.30. The fraction of sp³-hybridized carbons (Fsp3) is 0.545. The molecule has 1 atom stereocenters. The molecule has 1 unspecified atom stereocenters. The van der Waals surface area contributed by atoms with E-state index in [1.54, 1.807) is 0 Å². The summed E-state index contributed by atoms with van der Waals surface area (Å²) in [4.78, 5) is 4.33. The van der Waals surface area contributed by atoms with Gasteiger partial charge in [-0.15, -0.1) is 0 Å². The van der Waals surface area contributed by atoms with E-state index in [0.29, 0.717) is 12.5 Å². The van der Waals surface area contributed by atoms with Crippen LogP contribution in [0.25, 0.3) is 0 Å². The average Bonchev–Trinajstić information content (AvgIpc) is 2.17. The summed E-state index contributed by atoms with van der Waals surface area (Å²) in [5.74, 6) is 0.678. The molecule has 0 aromatic carbocycles. The van der Waals surface area contributed by atoms with Gasteiger partial charge in [-0.3, -0.25) is 0 Å². The van der Waals surface area contributed by atoms with Crippen molar-refractivity contribution in [2.75, 3.05) is 6.61 Å². The summed E-state index contributed by atoms with van der Waals surface area (Å²) >= 11 is 0. The molecular formula is C11H18N2O. The van der Waals surface area contributed by atoms with Crippen LogP contribution in [0.15, 0.2) is 12.1 Å². The largest absolute Gasteiger partial charge is 0.478 e. The zero-order valence-corrected chi connectivity index (χ0v) is 9.08. The third-order valence-electron chi connectivity index (χ3n) is 2.23. The van der Waals surface area contributed by atoms with Gasteiger partial charge in [0, 0.05) is 17.8 Å². The molecule has 14 heavy (non-hydrogen) atoms. The molecule has 0 saturated carbocycles. The van der Waals surface area contributed by atoms with Gasteiger partial charge in [-0.25, -0.2) is 4.98 Å². The number of nitrogens with zero attached hydrogens (tertiary/aromatic N) is 1. The molecule has 0 amide bonds. The van der Waals surface area contributed by atoms with Crippen LogP contribution >= 0.6 is 0 Å². The number of hydrogen-bond acceptors (Lipinski definition) is 3. The molecule has 1 aromatic heterocycles. The summed E-state index contributed by atoms with van der Waals surface area (Å²) in [6, 6.07) is 3.96. The molecule has 0 saturated heterocycles. The Kier molecular flexibility index (Phi) is 3.89. The molecular weight excluding hydrogens is 176 g/mol. The first-order valence-electron chi connectivity index (χ1n) is 5.05. The normalized spacial score (nSPS) is 12.6. The van der Waals surface area contributed by atoms with Crippen molar-refractivity contribution in [3.05, 3.63) is 23.4 Å². The highest BCUT2D eigenvalue weighted by atomic mass is 16.5. The second-order valence-corrected chi connectivity index (χ2v) is 3.27. The van der Waals surface area contributed by atoms with Crippen LogP contribution in [-0.2, 0) is 0 Å². The third-order valence-corrected chi connectivity index (χ3v) is 2.23. The van der Waals surface area contributed by atoms with Crippen molar-refractivity contribution in [1.29, 1.82) is 0 Å². The topological polar surface area (TPSA) is 48.1 Å². The zero-order chi connectivity index (χ0) is 10.6. The Morgan fingerprint density at radius 2 is 2.14 bits per heavy atom. The fourth-order valence-electron chi connectivity index (χ4n) is 1.39. The molecule has 0 fully saturated rings. The maximum atomic E-state index is 5.94. The second-order valence-electron chi connectivity index (χ2n) is 3.27. The maximum Gasteiger partial charge on any atom is 0.213 e. The molecule has 2 N–H and O–H groups in total. The minimum absolute atomic E-state index is 0.0816. The van der Waals surface area contributed by atoms with Crippen LogP contribution in [0.3, 0.4) is 0 Å². The molecule has 0 aliphatic heterocycles. The van der Waals surface area contributed by atoms with Crippen molar-refractivity contribution in [1.82, 2.24) is 4.98 Å². The van der Waals surface area contributed by atoms with Crippen LogP contribution in [0, 0.1) is 6.92 Å². The SMILES string of the molecule is CCOc1ccc(C(N)CC)c(C)n1. The molecule has 3 nitrogen and oxygen atoms in total. The minimum atomic E-state index is 0.0816. The lowest BCUT2D eigenvalue weighted by Gasteiger charge is -2.12. The van der Waals surface area contributed by atoms with Gasteiger partial charge in [-0.2, -0.15) is 0 Å². The Morgan fingerprint density at radius 1 is 1.43 bits per heavy atom. The first-order valence-corrected chi connectivity index (χ1v) is 5.05. The molecule has 0 spiro atoms. The summed E-state index contributed by atoms with van der Waals surface area (Å²) in [6.45, 7) is 6.63. The van der Waals surface area contributed by atoms with Crippen LogP contribution in [0.2, 0.25) is 0 Å². The molecule has 1 aromatic rings. The standard InChI is InChI=1S/C11H18N2O/c1-4-10(12)9-6-7-11(14-5-2)13-8(9)3/h6-7,10H,4-5,12H2,1-3H3. The number of rotatable bonds is 4. The third kappa shape index (κ3) is 2.45. The van der Waals surface area contributed by atoms with Gasteiger partial charge in [-0.1, -0.05) is 13.0 Å². The predicted octanol–water partition coefficient (Wildman–Crippen LogP) is 2.20. The molecule has 3 heteroatoms. The summed E-state index contributed by atoms with van der Waals surface area (Å²) in [7, 11) is 0. The zero-order valence-electron chi connectivity index (χ0n) is 9.08. The monoisotopic (exact) mass is 194 g/mol. The van der Waals surface area contributed by atoms with Gasteiger partial charge >= 0.3 is 0 Å². The lowest BCUT2D eigenvalue weighted by atomic mass is 10.0. The Bertz CT molecular complexity index is 299. The van der Waals surface area contributed by atoms with Gasteiger partial charge in [0.25, 0.3) is 0 Å². The predicted molar refractivity (Wildman–Crippen MR) is 57.4 cm³/mol. The molecule has 1 rings (SSSR count). The van der Waals surface area contributed by atoms with Gasteiger partial charge in [0.2, 0.25) is 5.88 Å². The molecule has 0 radical (unpaired) electrons. The van der Waals surface area contributed by atoms with Crippen LogP contribution in [0.1, 0.15) is 37.6 Å². The summed E-state index contributed by atoms with van der Waals surface area (Å²) in [6.07, 6.45) is 0.927. The number of nitrogens with two attached hydrogens (primary N) is 1. The van der Waals surface area contributed by atoms with Crippen molar-refractivity contribution >= 4 is 0 Å². The van der Waals surface area contributed by atoms with Gasteiger partial charge < -0.3 is 10.5 Å². The first-order chi connectivity index (χ1) is 6.69. The van der Waals surface area contributed by atoms with Crippen LogP contribution in [0.4, 0.5) is 0 Å². The molecule has 78 valence electrons. The van der Waals surface area contributed by atoms with E-state index in [9.17, 15) is 0 Å². The van der Waals surface area contributed by atoms with E-state index in [1.807, 2.05) is 26.0 Å². The maximum absolute atomic E-state index is 5.94. The number of pyridine rings is 1. The van der Waals surface area contributed by atoms with Crippen molar-refractivity contribution < 1.29 is 4.74 Å². The number of aromatic nitrogens is 1. The summed E-state index contributed by atoms with van der Waals surface area (Å²) in [5.41, 5.74) is 8.01. The van der Waals surface area contributed by atoms with E-state index in [2.05, 4.69) is 11.9 Å². The number of ether oxygens (including phenoxy) is 1. The van der Waals surface area contributed by atoms with Gasteiger partial charge in [-0.05, 0) is 25.8 Å². The number of hydrogen-bond donors (Lipinski definition) is 1. The molecule has 0 aliphatic rings. The Balaban J connectivity index is 2.89. The summed E-state index contributed by atoms with van der Waals surface area (Å²) in [5, 5.41) is 0. The van der Waals surface area contributed by atoms with Crippen LogP contribution < -0.4 is 10.5 Å². The van der Waals surface area contributed by atoms with Crippen molar-refractivity contribution in [3.63, 3.8) is 0 Å². The van der Waals surface area contributed by atoms with Crippen LogP contribution in [-0.4, -0.2) is 11.6 Å². The van der Waals surface area contributed by atoms with E-state index in [0.717, 1.165) is 17.7 Å². The average molecular weight is 194 g/mol. The molecule has 1 heterocycles. The van der Waals surface area contributed by atoms with Crippen molar-refractivity contribution in [2.24, 2.45) is 5.73 Å². The lowest BCUT2D eigenvalue weighted by molar-refractivity contribution is 0.326. The van der Waals surface area contributed by atoms with Crippen molar-refractivity contribution in [2.45, 2.75) is 33.2 Å². The van der Waals surface area contributed by atoms with Crippen molar-refractivity contribution in [3.8, 4) is 5.88 Å². The smallest absolute Gasteiger partial charge is 0.213 e. The van der Waals surface area contributed by atoms with Gasteiger partial charge in [0.1, 0.15) is 0 Å². The molecule has 0 bridgehead atoms. The highest BCUT2D eigenvalue weighted by Gasteiger charge is 2.08. The second kappa shape index (κ2) is 4.96. The van der Waals surface area contributed by atoms with E-state index in [1.165, 1.54) is 0 Å². The van der Waals surface area contributed by atoms with Gasteiger partial charge in [0.05, 0.1) is 6.61 Å². The van der Waals surface area contributed by atoms with E-state index < -0.39 is 0 Å². The van der Waals surface area contributed by atoms with E-state index in [4.69, 9.17) is 10.5 Å². The Morgan fingerprint density at radius 3 is 2.64 bits per heavy atom. The Hall–Kier alpha value is -1.09. The van der Waals surface area contributed by atoms with E-state index >= 15 is 0 Å². The number of aryl methyl sites for hydroxylation is 1. The van der Waals surface area contributed by atoms with E-state index in [-0.39, 0.29) is 6.04 Å². The molecule has 0 aliphatic carbocycles. The Labute approximate surface area is 85.3 Å². The highest BCUT2D eigenvalue weighted by Crippen LogP contribution is 2.19. The van der Waals surface area contributed by atoms with Gasteiger partial charge in [0.15, 0.2) is 0 Å². The quantitative estimate of drug-likeness (QED) is 0.799. The van der Waals surface area contributed by atoms with Crippen LogP contribution in [0.5, 0.6) is 5.88 Å². The highest BCUT2D eigenvalue weighted by molar-refractivity contribution is 5.27. The first kappa shape index (κ1) is 11.0. The lowest BCUT2D eigenvalue weighted by Crippen LogP contribution is -2.11. The fourth-order valence-corrected chi connectivity index (χ4v) is 1.39. The minimum Gasteiger partial charge on any atom is -0.478 e.